The standard InChI is InChI=1S/C17H13Cl2N3O2/c1-10-6-13(23)3-5-15(10)21-9-11(8-20)17(24)22-16-4-2-12(18)7-14(16)19/h2-7,9,21,23H,1H3,(H,22,24)/b11-9-. The number of anilines is 2. The maximum Gasteiger partial charge on any atom is 0.267 e. The fourth-order valence-electron chi connectivity index (χ4n) is 1.89. The molecule has 0 heterocycles. The molecule has 0 atom stereocenters. The van der Waals surface area contributed by atoms with Crippen LogP contribution in [-0.4, -0.2) is 11.0 Å². The molecule has 0 aromatic heterocycles. The van der Waals surface area contributed by atoms with Gasteiger partial charge >= 0.3 is 0 Å². The summed E-state index contributed by atoms with van der Waals surface area (Å²) in [5.74, 6) is -0.469. The number of phenolic OH excluding ortho intramolecular Hbond substituents is 1. The predicted octanol–water partition coefficient (Wildman–Crippen LogP) is 4.47. The Labute approximate surface area is 149 Å². The molecule has 0 aliphatic heterocycles. The van der Waals surface area contributed by atoms with Crippen LogP contribution in [0.2, 0.25) is 10.0 Å². The molecule has 0 spiro atoms. The van der Waals surface area contributed by atoms with Crippen molar-refractivity contribution in [3.8, 4) is 11.8 Å². The molecule has 0 fully saturated rings. The normalized spacial score (nSPS) is 10.8. The number of phenols is 1. The van der Waals surface area contributed by atoms with Gasteiger partial charge in [-0.2, -0.15) is 5.26 Å². The minimum absolute atomic E-state index is 0.131. The zero-order valence-electron chi connectivity index (χ0n) is 12.6. The summed E-state index contributed by atoms with van der Waals surface area (Å²) in [5, 5.41) is 24.7. The molecule has 1 amide bonds. The third kappa shape index (κ3) is 4.42. The monoisotopic (exact) mass is 361 g/mol. The fraction of sp³-hybridized carbons (Fsp3) is 0.0588. The van der Waals surface area contributed by atoms with Crippen molar-refractivity contribution in [3.05, 3.63) is 63.8 Å². The summed E-state index contributed by atoms with van der Waals surface area (Å²) in [6, 6.07) is 11.2. The molecule has 0 aliphatic carbocycles. The van der Waals surface area contributed by atoms with Gasteiger partial charge < -0.3 is 15.7 Å². The van der Waals surface area contributed by atoms with E-state index in [2.05, 4.69) is 10.6 Å². The van der Waals surface area contributed by atoms with E-state index in [1.54, 1.807) is 31.2 Å². The largest absolute Gasteiger partial charge is 0.508 e. The van der Waals surface area contributed by atoms with E-state index in [0.29, 0.717) is 16.4 Å². The molecule has 24 heavy (non-hydrogen) atoms. The molecule has 122 valence electrons. The van der Waals surface area contributed by atoms with Crippen LogP contribution in [0.15, 0.2) is 48.2 Å². The van der Waals surface area contributed by atoms with Gasteiger partial charge in [0.15, 0.2) is 0 Å². The molecule has 0 aliphatic rings. The summed E-state index contributed by atoms with van der Waals surface area (Å²) < 4.78 is 0. The number of aromatic hydroxyl groups is 1. The van der Waals surface area contributed by atoms with E-state index < -0.39 is 5.91 Å². The lowest BCUT2D eigenvalue weighted by Gasteiger charge is -2.08. The van der Waals surface area contributed by atoms with Gasteiger partial charge in [-0.3, -0.25) is 4.79 Å². The maximum atomic E-state index is 12.2. The van der Waals surface area contributed by atoms with Gasteiger partial charge in [0.1, 0.15) is 17.4 Å². The van der Waals surface area contributed by atoms with Gasteiger partial charge in [-0.1, -0.05) is 23.2 Å². The zero-order valence-corrected chi connectivity index (χ0v) is 14.1. The summed E-state index contributed by atoms with van der Waals surface area (Å²) in [6.07, 6.45) is 1.29. The number of aryl methyl sites for hydroxylation is 1. The Kier molecular flexibility index (Phi) is 5.69. The van der Waals surface area contributed by atoms with Crippen molar-refractivity contribution >= 4 is 40.5 Å². The van der Waals surface area contributed by atoms with Crippen LogP contribution >= 0.6 is 23.2 Å². The Morgan fingerprint density at radius 2 is 1.92 bits per heavy atom. The third-order valence-electron chi connectivity index (χ3n) is 3.13. The topological polar surface area (TPSA) is 85.2 Å². The average Bonchev–Trinajstić information content (AvgIpc) is 2.52. The Balaban J connectivity index is 2.15. The number of halogens is 2. The first-order valence-electron chi connectivity index (χ1n) is 6.83. The van der Waals surface area contributed by atoms with E-state index in [1.165, 1.54) is 18.3 Å². The number of nitrogens with one attached hydrogen (secondary N) is 2. The minimum atomic E-state index is -0.606. The quantitative estimate of drug-likeness (QED) is 0.426. The summed E-state index contributed by atoms with van der Waals surface area (Å²) >= 11 is 11.8. The van der Waals surface area contributed by atoms with Crippen molar-refractivity contribution in [1.29, 1.82) is 5.26 Å². The first-order valence-corrected chi connectivity index (χ1v) is 7.59. The number of benzene rings is 2. The molecule has 0 bridgehead atoms. The van der Waals surface area contributed by atoms with Crippen molar-refractivity contribution in [2.24, 2.45) is 0 Å². The van der Waals surface area contributed by atoms with Crippen LogP contribution in [0.3, 0.4) is 0 Å². The highest BCUT2D eigenvalue weighted by Gasteiger charge is 2.11. The SMILES string of the molecule is Cc1cc(O)ccc1N/C=C(/C#N)C(=O)Nc1ccc(Cl)cc1Cl. The van der Waals surface area contributed by atoms with Crippen LogP contribution in [0.1, 0.15) is 5.56 Å². The molecule has 2 aromatic rings. The number of hydrogen-bond donors (Lipinski definition) is 3. The van der Waals surface area contributed by atoms with Crippen LogP contribution in [0.25, 0.3) is 0 Å². The molecule has 0 saturated heterocycles. The molecular formula is C17H13Cl2N3O2. The molecule has 0 unspecified atom stereocenters. The van der Waals surface area contributed by atoms with E-state index in [0.717, 1.165) is 5.56 Å². The molecule has 2 rings (SSSR count). The Bertz CT molecular complexity index is 857. The van der Waals surface area contributed by atoms with Crippen LogP contribution in [0, 0.1) is 18.3 Å². The second-order valence-corrected chi connectivity index (χ2v) is 5.74. The maximum absolute atomic E-state index is 12.2. The Morgan fingerprint density at radius 3 is 2.54 bits per heavy atom. The third-order valence-corrected chi connectivity index (χ3v) is 3.67. The van der Waals surface area contributed by atoms with Crippen molar-refractivity contribution in [3.63, 3.8) is 0 Å². The van der Waals surface area contributed by atoms with E-state index in [9.17, 15) is 9.90 Å². The van der Waals surface area contributed by atoms with Crippen molar-refractivity contribution in [2.75, 3.05) is 10.6 Å². The first kappa shape index (κ1) is 17.7. The van der Waals surface area contributed by atoms with Gasteiger partial charge in [0.05, 0.1) is 10.7 Å². The van der Waals surface area contributed by atoms with Crippen molar-refractivity contribution < 1.29 is 9.90 Å². The van der Waals surface area contributed by atoms with Crippen LogP contribution in [0.5, 0.6) is 5.75 Å². The summed E-state index contributed by atoms with van der Waals surface area (Å²) in [4.78, 5) is 12.2. The molecule has 2 aromatic carbocycles. The molecule has 5 nitrogen and oxygen atoms in total. The van der Waals surface area contributed by atoms with E-state index in [1.807, 2.05) is 6.07 Å². The van der Waals surface area contributed by atoms with Gasteiger partial charge in [-0.25, -0.2) is 0 Å². The molecular weight excluding hydrogens is 349 g/mol. The number of nitrogens with zero attached hydrogens (tertiary/aromatic N) is 1. The van der Waals surface area contributed by atoms with Crippen molar-refractivity contribution in [2.45, 2.75) is 6.92 Å². The fourth-order valence-corrected chi connectivity index (χ4v) is 2.34. The van der Waals surface area contributed by atoms with Gasteiger partial charge in [0.2, 0.25) is 0 Å². The van der Waals surface area contributed by atoms with Crippen LogP contribution in [0.4, 0.5) is 11.4 Å². The zero-order chi connectivity index (χ0) is 17.7. The number of nitriles is 1. The average molecular weight is 362 g/mol. The smallest absolute Gasteiger partial charge is 0.267 e. The number of rotatable bonds is 4. The predicted molar refractivity (Wildman–Crippen MR) is 95.3 cm³/mol. The first-order chi connectivity index (χ1) is 11.4. The molecule has 0 saturated carbocycles. The minimum Gasteiger partial charge on any atom is -0.508 e. The lowest BCUT2D eigenvalue weighted by Crippen LogP contribution is -2.15. The second kappa shape index (κ2) is 7.73. The highest BCUT2D eigenvalue weighted by Crippen LogP contribution is 2.26. The van der Waals surface area contributed by atoms with Gasteiger partial charge in [-0.15, -0.1) is 0 Å². The number of amides is 1. The summed E-state index contributed by atoms with van der Waals surface area (Å²) in [6.45, 7) is 1.79. The van der Waals surface area contributed by atoms with Gasteiger partial charge in [-0.05, 0) is 48.9 Å². The van der Waals surface area contributed by atoms with E-state index in [4.69, 9.17) is 28.5 Å². The molecule has 3 N–H and O–H groups in total. The Morgan fingerprint density at radius 1 is 1.21 bits per heavy atom. The summed E-state index contributed by atoms with van der Waals surface area (Å²) in [5.41, 5.74) is 1.66. The van der Waals surface area contributed by atoms with Gasteiger partial charge in [0, 0.05) is 16.9 Å². The van der Waals surface area contributed by atoms with Gasteiger partial charge in [0.25, 0.3) is 5.91 Å². The number of carbonyl (C=O) groups excluding carboxylic acids is 1. The number of hydrogen-bond acceptors (Lipinski definition) is 4. The highest BCUT2D eigenvalue weighted by atomic mass is 35.5. The Hall–Kier alpha value is -2.68. The lowest BCUT2D eigenvalue weighted by atomic mass is 10.2. The second-order valence-electron chi connectivity index (χ2n) is 4.89. The number of carbonyl (C=O) groups is 1. The highest BCUT2D eigenvalue weighted by molar-refractivity contribution is 6.36. The van der Waals surface area contributed by atoms with Crippen LogP contribution < -0.4 is 10.6 Å². The van der Waals surface area contributed by atoms with Crippen LogP contribution in [-0.2, 0) is 4.79 Å². The van der Waals surface area contributed by atoms with Crippen molar-refractivity contribution in [1.82, 2.24) is 0 Å². The lowest BCUT2D eigenvalue weighted by molar-refractivity contribution is -0.112. The summed E-state index contributed by atoms with van der Waals surface area (Å²) in [7, 11) is 0. The van der Waals surface area contributed by atoms with E-state index >= 15 is 0 Å². The molecule has 7 heteroatoms. The molecule has 0 radical (unpaired) electrons. The van der Waals surface area contributed by atoms with E-state index in [-0.39, 0.29) is 16.3 Å².